The molecule has 1 aliphatic rings. The fraction of sp³-hybridized carbons (Fsp3) is 0.786. The Bertz CT molecular complexity index is 356. The van der Waals surface area contributed by atoms with Crippen LogP contribution in [0.15, 0.2) is 6.33 Å². The standard InChI is InChI=1S/C14H25N3/c1-4-9-15-11(2)12(3)17-10-16-13-7-5-6-8-14(13)17/h10-12,15H,4-9H2,1-3H3. The second-order valence-electron chi connectivity index (χ2n) is 5.24. The van der Waals surface area contributed by atoms with Gasteiger partial charge in [-0.15, -0.1) is 0 Å². The molecule has 1 heterocycles. The molecular formula is C14H25N3. The van der Waals surface area contributed by atoms with Gasteiger partial charge in [-0.1, -0.05) is 6.92 Å². The molecule has 0 bridgehead atoms. The van der Waals surface area contributed by atoms with E-state index in [0.29, 0.717) is 12.1 Å². The maximum absolute atomic E-state index is 4.58. The van der Waals surface area contributed by atoms with Crippen LogP contribution in [0.3, 0.4) is 0 Å². The maximum atomic E-state index is 4.58. The molecule has 3 heteroatoms. The van der Waals surface area contributed by atoms with E-state index in [-0.39, 0.29) is 0 Å². The van der Waals surface area contributed by atoms with E-state index >= 15 is 0 Å². The van der Waals surface area contributed by atoms with Crippen molar-refractivity contribution in [2.24, 2.45) is 0 Å². The number of rotatable bonds is 5. The second kappa shape index (κ2) is 5.67. The van der Waals surface area contributed by atoms with Crippen LogP contribution in [0.25, 0.3) is 0 Å². The summed E-state index contributed by atoms with van der Waals surface area (Å²) in [6.45, 7) is 7.88. The molecule has 2 rings (SSSR count). The predicted octanol–water partition coefficient (Wildman–Crippen LogP) is 2.71. The van der Waals surface area contributed by atoms with Crippen LogP contribution in [0.1, 0.15) is 57.5 Å². The van der Waals surface area contributed by atoms with Gasteiger partial charge in [0.1, 0.15) is 0 Å². The number of aromatic nitrogens is 2. The van der Waals surface area contributed by atoms with Gasteiger partial charge in [0.15, 0.2) is 0 Å². The fourth-order valence-electron chi connectivity index (χ4n) is 2.63. The van der Waals surface area contributed by atoms with E-state index in [1.54, 1.807) is 0 Å². The first kappa shape index (κ1) is 12.6. The van der Waals surface area contributed by atoms with Crippen LogP contribution < -0.4 is 5.32 Å². The Labute approximate surface area is 105 Å². The molecule has 2 unspecified atom stereocenters. The molecule has 0 aliphatic heterocycles. The third-order valence-electron chi connectivity index (χ3n) is 3.94. The normalized spacial score (nSPS) is 18.8. The lowest BCUT2D eigenvalue weighted by atomic mass is 10.0. The van der Waals surface area contributed by atoms with Gasteiger partial charge in [-0.25, -0.2) is 4.98 Å². The monoisotopic (exact) mass is 235 g/mol. The van der Waals surface area contributed by atoms with Crippen molar-refractivity contribution >= 4 is 0 Å². The number of aryl methyl sites for hydroxylation is 1. The van der Waals surface area contributed by atoms with E-state index in [0.717, 1.165) is 6.54 Å². The fourth-order valence-corrected chi connectivity index (χ4v) is 2.63. The Morgan fingerprint density at radius 1 is 1.35 bits per heavy atom. The van der Waals surface area contributed by atoms with E-state index in [2.05, 4.69) is 35.6 Å². The molecule has 1 aromatic heterocycles. The topological polar surface area (TPSA) is 29.9 Å². The summed E-state index contributed by atoms with van der Waals surface area (Å²) in [5.41, 5.74) is 2.82. The van der Waals surface area contributed by atoms with Gasteiger partial charge in [0.25, 0.3) is 0 Å². The van der Waals surface area contributed by atoms with Crippen molar-refractivity contribution in [1.29, 1.82) is 0 Å². The van der Waals surface area contributed by atoms with E-state index in [1.165, 1.54) is 43.5 Å². The second-order valence-corrected chi connectivity index (χ2v) is 5.24. The molecule has 1 N–H and O–H groups in total. The van der Waals surface area contributed by atoms with E-state index < -0.39 is 0 Å². The quantitative estimate of drug-likeness (QED) is 0.850. The Morgan fingerprint density at radius 3 is 2.88 bits per heavy atom. The Balaban J connectivity index is 2.08. The highest BCUT2D eigenvalue weighted by atomic mass is 15.1. The van der Waals surface area contributed by atoms with Crippen molar-refractivity contribution in [2.45, 2.75) is 65.0 Å². The maximum Gasteiger partial charge on any atom is 0.0954 e. The minimum atomic E-state index is 0.496. The van der Waals surface area contributed by atoms with E-state index in [1.807, 2.05) is 6.33 Å². The number of fused-ring (bicyclic) bond motifs is 1. The minimum Gasteiger partial charge on any atom is -0.330 e. The first-order valence-corrected chi connectivity index (χ1v) is 7.02. The molecule has 1 aliphatic carbocycles. The Morgan fingerprint density at radius 2 is 2.12 bits per heavy atom. The molecule has 3 nitrogen and oxygen atoms in total. The van der Waals surface area contributed by atoms with Crippen molar-refractivity contribution in [3.8, 4) is 0 Å². The SMILES string of the molecule is CCCNC(C)C(C)n1cnc2c1CCCC2. The molecule has 1 aromatic rings. The molecular weight excluding hydrogens is 210 g/mol. The molecule has 17 heavy (non-hydrogen) atoms. The van der Waals surface area contributed by atoms with Gasteiger partial charge in [-0.3, -0.25) is 0 Å². The molecule has 0 radical (unpaired) electrons. The summed E-state index contributed by atoms with van der Waals surface area (Å²) in [5.74, 6) is 0. The highest BCUT2D eigenvalue weighted by molar-refractivity contribution is 5.17. The smallest absolute Gasteiger partial charge is 0.0954 e. The summed E-state index contributed by atoms with van der Waals surface area (Å²) in [4.78, 5) is 4.58. The van der Waals surface area contributed by atoms with Crippen molar-refractivity contribution in [3.05, 3.63) is 17.7 Å². The van der Waals surface area contributed by atoms with Crippen molar-refractivity contribution in [1.82, 2.24) is 14.9 Å². The summed E-state index contributed by atoms with van der Waals surface area (Å²) >= 11 is 0. The summed E-state index contributed by atoms with van der Waals surface area (Å²) in [6, 6.07) is 1.01. The summed E-state index contributed by atoms with van der Waals surface area (Å²) < 4.78 is 2.39. The van der Waals surface area contributed by atoms with Gasteiger partial charge in [-0.2, -0.15) is 0 Å². The Kier molecular flexibility index (Phi) is 4.21. The van der Waals surface area contributed by atoms with Crippen LogP contribution in [0.4, 0.5) is 0 Å². The first-order valence-electron chi connectivity index (χ1n) is 7.02. The zero-order valence-corrected chi connectivity index (χ0v) is 11.4. The third kappa shape index (κ3) is 2.71. The van der Waals surface area contributed by atoms with Crippen molar-refractivity contribution in [2.75, 3.05) is 6.54 Å². The lowest BCUT2D eigenvalue weighted by Crippen LogP contribution is -2.34. The summed E-state index contributed by atoms with van der Waals surface area (Å²) in [5, 5.41) is 3.58. The molecule has 0 aromatic carbocycles. The summed E-state index contributed by atoms with van der Waals surface area (Å²) in [7, 11) is 0. The number of hydrogen-bond donors (Lipinski definition) is 1. The third-order valence-corrected chi connectivity index (χ3v) is 3.94. The van der Waals surface area contributed by atoms with Gasteiger partial charge in [0.05, 0.1) is 12.0 Å². The highest BCUT2D eigenvalue weighted by Gasteiger charge is 2.20. The van der Waals surface area contributed by atoms with Crippen LogP contribution in [-0.2, 0) is 12.8 Å². The van der Waals surface area contributed by atoms with Crippen LogP contribution >= 0.6 is 0 Å². The van der Waals surface area contributed by atoms with Crippen LogP contribution in [0.2, 0.25) is 0 Å². The first-order chi connectivity index (χ1) is 8.24. The molecule has 0 fully saturated rings. The van der Waals surface area contributed by atoms with Gasteiger partial charge in [0.2, 0.25) is 0 Å². The summed E-state index contributed by atoms with van der Waals surface area (Å²) in [6.07, 6.45) is 8.25. The highest BCUT2D eigenvalue weighted by Crippen LogP contribution is 2.24. The van der Waals surface area contributed by atoms with Crippen LogP contribution in [0, 0.1) is 0 Å². The average Bonchev–Trinajstić information content (AvgIpc) is 2.78. The molecule has 96 valence electrons. The number of nitrogens with zero attached hydrogens (tertiary/aromatic N) is 2. The minimum absolute atomic E-state index is 0.496. The van der Waals surface area contributed by atoms with Crippen molar-refractivity contribution < 1.29 is 0 Å². The molecule has 0 amide bonds. The number of nitrogens with one attached hydrogen (secondary N) is 1. The average molecular weight is 235 g/mol. The van der Waals surface area contributed by atoms with Crippen LogP contribution in [-0.4, -0.2) is 22.1 Å². The number of imidazole rings is 1. The lowest BCUT2D eigenvalue weighted by molar-refractivity contribution is 0.382. The predicted molar refractivity (Wildman–Crippen MR) is 71.3 cm³/mol. The van der Waals surface area contributed by atoms with Gasteiger partial charge in [0, 0.05) is 17.8 Å². The van der Waals surface area contributed by atoms with Crippen molar-refractivity contribution in [3.63, 3.8) is 0 Å². The largest absolute Gasteiger partial charge is 0.330 e. The van der Waals surface area contributed by atoms with E-state index in [9.17, 15) is 0 Å². The molecule has 0 spiro atoms. The molecule has 0 saturated carbocycles. The Hall–Kier alpha value is -0.830. The molecule has 2 atom stereocenters. The zero-order chi connectivity index (χ0) is 12.3. The van der Waals surface area contributed by atoms with Gasteiger partial charge >= 0.3 is 0 Å². The zero-order valence-electron chi connectivity index (χ0n) is 11.4. The lowest BCUT2D eigenvalue weighted by Gasteiger charge is -2.25. The number of hydrogen-bond acceptors (Lipinski definition) is 2. The van der Waals surface area contributed by atoms with Gasteiger partial charge < -0.3 is 9.88 Å². The van der Waals surface area contributed by atoms with Gasteiger partial charge in [-0.05, 0) is 52.5 Å². The molecule has 0 saturated heterocycles. The van der Waals surface area contributed by atoms with Crippen LogP contribution in [0.5, 0.6) is 0 Å². The van der Waals surface area contributed by atoms with E-state index in [4.69, 9.17) is 0 Å².